The monoisotopic (exact) mass is 334 g/mol. The number of halogens is 1. The first kappa shape index (κ1) is 15.2. The van der Waals surface area contributed by atoms with Gasteiger partial charge >= 0.3 is 0 Å². The summed E-state index contributed by atoms with van der Waals surface area (Å²) in [4.78, 5) is 8.46. The molecule has 1 aromatic rings. The van der Waals surface area contributed by atoms with Gasteiger partial charge in [-0.2, -0.15) is 0 Å². The molecule has 0 saturated carbocycles. The van der Waals surface area contributed by atoms with E-state index in [2.05, 4.69) is 15.3 Å². The van der Waals surface area contributed by atoms with Crippen LogP contribution < -0.4 is 11.1 Å². The zero-order valence-electron chi connectivity index (χ0n) is 9.90. The van der Waals surface area contributed by atoms with Gasteiger partial charge in [-0.3, -0.25) is 4.98 Å². The molecule has 0 bridgehead atoms. The van der Waals surface area contributed by atoms with Crippen molar-refractivity contribution in [2.45, 2.75) is 33.4 Å². The van der Waals surface area contributed by atoms with Gasteiger partial charge in [-0.1, -0.05) is 6.07 Å². The third kappa shape index (κ3) is 5.29. The van der Waals surface area contributed by atoms with Crippen LogP contribution in [0.4, 0.5) is 0 Å². The first-order valence-corrected chi connectivity index (χ1v) is 5.06. The number of aryl methyl sites for hydroxylation is 1. The van der Waals surface area contributed by atoms with Crippen molar-refractivity contribution >= 4 is 29.9 Å². The highest BCUT2D eigenvalue weighted by atomic mass is 127. The number of nitrogens with zero attached hydrogens (tertiary/aromatic N) is 2. The van der Waals surface area contributed by atoms with Crippen molar-refractivity contribution < 1.29 is 0 Å². The smallest absolute Gasteiger partial charge is 0.189 e. The van der Waals surface area contributed by atoms with Crippen LogP contribution in [0.3, 0.4) is 0 Å². The van der Waals surface area contributed by atoms with Crippen LogP contribution in [0.2, 0.25) is 0 Å². The van der Waals surface area contributed by atoms with Crippen LogP contribution in [0.5, 0.6) is 0 Å². The molecule has 5 heteroatoms. The van der Waals surface area contributed by atoms with Gasteiger partial charge in [-0.05, 0) is 32.4 Å². The molecule has 3 N–H and O–H groups in total. The maximum Gasteiger partial charge on any atom is 0.189 e. The summed E-state index contributed by atoms with van der Waals surface area (Å²) in [5.74, 6) is 0.468. The molecule has 0 aliphatic rings. The molecule has 1 rings (SSSR count). The Hall–Kier alpha value is -0.850. The number of aliphatic imine (C=N–C) groups is 1. The average Bonchev–Trinajstić information content (AvgIpc) is 2.15. The molecule has 0 amide bonds. The molecule has 0 aliphatic carbocycles. The summed E-state index contributed by atoms with van der Waals surface area (Å²) in [5, 5.41) is 3.03. The minimum atomic E-state index is 0. The van der Waals surface area contributed by atoms with Crippen molar-refractivity contribution in [2.75, 3.05) is 0 Å². The number of guanidine groups is 1. The fourth-order valence-corrected chi connectivity index (χ4v) is 1.19. The number of nitrogens with one attached hydrogen (secondary N) is 1. The lowest BCUT2D eigenvalue weighted by molar-refractivity contribution is 0.722. The van der Waals surface area contributed by atoms with Crippen LogP contribution in [-0.4, -0.2) is 17.0 Å². The molecule has 90 valence electrons. The topological polar surface area (TPSA) is 63.3 Å². The van der Waals surface area contributed by atoms with Crippen molar-refractivity contribution in [2.24, 2.45) is 10.7 Å². The van der Waals surface area contributed by atoms with Gasteiger partial charge in [0.15, 0.2) is 5.96 Å². The standard InChI is InChI=1S/C11H18N4.HI/c1-8(2)15-11(12)14-7-10-9(3)5-4-6-13-10;/h4-6,8H,7H2,1-3H3,(H3,12,14,15);1H. The van der Waals surface area contributed by atoms with Crippen LogP contribution in [0, 0.1) is 6.92 Å². The van der Waals surface area contributed by atoms with Gasteiger partial charge in [0.1, 0.15) is 0 Å². The molecule has 0 atom stereocenters. The van der Waals surface area contributed by atoms with E-state index in [9.17, 15) is 0 Å². The minimum absolute atomic E-state index is 0. The molecule has 1 heterocycles. The Labute approximate surface area is 114 Å². The Bertz CT molecular complexity index is 350. The van der Waals surface area contributed by atoms with Crippen LogP contribution in [0.15, 0.2) is 23.3 Å². The van der Waals surface area contributed by atoms with Crippen LogP contribution in [0.25, 0.3) is 0 Å². The van der Waals surface area contributed by atoms with Crippen LogP contribution in [-0.2, 0) is 6.54 Å². The maximum atomic E-state index is 5.68. The van der Waals surface area contributed by atoms with Crippen LogP contribution in [0.1, 0.15) is 25.1 Å². The number of rotatable bonds is 3. The second-order valence-corrected chi connectivity index (χ2v) is 3.77. The zero-order chi connectivity index (χ0) is 11.3. The van der Waals surface area contributed by atoms with Gasteiger partial charge in [0, 0.05) is 12.2 Å². The third-order valence-corrected chi connectivity index (χ3v) is 1.95. The van der Waals surface area contributed by atoms with E-state index < -0.39 is 0 Å². The van der Waals surface area contributed by atoms with E-state index in [4.69, 9.17) is 5.73 Å². The number of aromatic nitrogens is 1. The van der Waals surface area contributed by atoms with Crippen LogP contribution >= 0.6 is 24.0 Å². The number of pyridine rings is 1. The Morgan fingerprint density at radius 2 is 2.25 bits per heavy atom. The zero-order valence-corrected chi connectivity index (χ0v) is 12.2. The number of nitrogens with two attached hydrogens (primary N) is 1. The fraction of sp³-hybridized carbons (Fsp3) is 0.455. The summed E-state index contributed by atoms with van der Waals surface area (Å²) in [6, 6.07) is 4.24. The SMILES string of the molecule is Cc1cccnc1CN=C(N)NC(C)C.I. The molecule has 0 unspecified atom stereocenters. The highest BCUT2D eigenvalue weighted by Crippen LogP contribution is 2.03. The van der Waals surface area contributed by atoms with E-state index >= 15 is 0 Å². The highest BCUT2D eigenvalue weighted by Gasteiger charge is 1.98. The van der Waals surface area contributed by atoms with Crippen molar-refractivity contribution in [3.05, 3.63) is 29.6 Å². The lowest BCUT2D eigenvalue weighted by atomic mass is 10.2. The summed E-state index contributed by atoms with van der Waals surface area (Å²) in [6.07, 6.45) is 1.77. The Kier molecular flexibility index (Phi) is 7.03. The van der Waals surface area contributed by atoms with Gasteiger partial charge < -0.3 is 11.1 Å². The normalized spacial score (nSPS) is 11.1. The van der Waals surface area contributed by atoms with E-state index in [1.54, 1.807) is 6.20 Å². The predicted octanol–water partition coefficient (Wildman–Crippen LogP) is 1.82. The first-order chi connectivity index (χ1) is 7.09. The van der Waals surface area contributed by atoms with E-state index in [0.29, 0.717) is 18.5 Å². The Morgan fingerprint density at radius 3 is 2.81 bits per heavy atom. The molecule has 0 aliphatic heterocycles. The molecule has 0 radical (unpaired) electrons. The molecule has 16 heavy (non-hydrogen) atoms. The van der Waals surface area contributed by atoms with Crippen molar-refractivity contribution in [3.8, 4) is 0 Å². The minimum Gasteiger partial charge on any atom is -0.370 e. The van der Waals surface area contributed by atoms with Crippen molar-refractivity contribution in [1.29, 1.82) is 0 Å². The van der Waals surface area contributed by atoms with Gasteiger partial charge in [0.2, 0.25) is 0 Å². The molecule has 0 spiro atoms. The second-order valence-electron chi connectivity index (χ2n) is 3.77. The molecule has 0 saturated heterocycles. The number of hydrogen-bond donors (Lipinski definition) is 2. The summed E-state index contributed by atoms with van der Waals surface area (Å²) in [7, 11) is 0. The lowest BCUT2D eigenvalue weighted by Gasteiger charge is -2.08. The second kappa shape index (κ2) is 7.43. The van der Waals surface area contributed by atoms with E-state index in [-0.39, 0.29) is 24.0 Å². The first-order valence-electron chi connectivity index (χ1n) is 5.06. The largest absolute Gasteiger partial charge is 0.370 e. The van der Waals surface area contributed by atoms with Gasteiger partial charge in [-0.15, -0.1) is 24.0 Å². The molecule has 0 fully saturated rings. The summed E-state index contributed by atoms with van der Waals surface area (Å²) >= 11 is 0. The average molecular weight is 334 g/mol. The fourth-order valence-electron chi connectivity index (χ4n) is 1.19. The van der Waals surface area contributed by atoms with Gasteiger partial charge in [0.25, 0.3) is 0 Å². The van der Waals surface area contributed by atoms with Crippen molar-refractivity contribution in [1.82, 2.24) is 10.3 Å². The molecule has 0 aromatic carbocycles. The Balaban J connectivity index is 0.00000225. The van der Waals surface area contributed by atoms with Crippen molar-refractivity contribution in [3.63, 3.8) is 0 Å². The highest BCUT2D eigenvalue weighted by molar-refractivity contribution is 14.0. The Morgan fingerprint density at radius 1 is 1.56 bits per heavy atom. The van der Waals surface area contributed by atoms with E-state index in [0.717, 1.165) is 11.3 Å². The quantitative estimate of drug-likeness (QED) is 0.504. The summed E-state index contributed by atoms with van der Waals surface area (Å²) in [5.41, 5.74) is 7.79. The molecular formula is C11H19IN4. The predicted molar refractivity (Wildman–Crippen MR) is 78.0 cm³/mol. The summed E-state index contributed by atoms with van der Waals surface area (Å²) in [6.45, 7) is 6.59. The lowest BCUT2D eigenvalue weighted by Crippen LogP contribution is -2.36. The molecule has 4 nitrogen and oxygen atoms in total. The van der Waals surface area contributed by atoms with E-state index in [1.807, 2.05) is 32.9 Å². The van der Waals surface area contributed by atoms with Gasteiger partial charge in [0.05, 0.1) is 12.2 Å². The van der Waals surface area contributed by atoms with E-state index in [1.165, 1.54) is 0 Å². The summed E-state index contributed by atoms with van der Waals surface area (Å²) < 4.78 is 0. The third-order valence-electron chi connectivity index (χ3n) is 1.95. The van der Waals surface area contributed by atoms with Gasteiger partial charge in [-0.25, -0.2) is 4.99 Å². The molecular weight excluding hydrogens is 315 g/mol. The number of hydrogen-bond acceptors (Lipinski definition) is 2. The molecule has 1 aromatic heterocycles. The maximum absolute atomic E-state index is 5.68.